The van der Waals surface area contributed by atoms with Crippen LogP contribution < -0.4 is 11.1 Å². The number of nitrogens with two attached hydrogens (primary N) is 1. The first-order valence-electron chi connectivity index (χ1n) is 4.22. The number of carbonyl (C=O) groups excluding carboxylic acids is 1. The molecule has 0 bridgehead atoms. The van der Waals surface area contributed by atoms with Crippen molar-refractivity contribution >= 4 is 11.9 Å². The van der Waals surface area contributed by atoms with Gasteiger partial charge in [0.15, 0.2) is 0 Å². The monoisotopic (exact) mass is 181 g/mol. The van der Waals surface area contributed by atoms with Gasteiger partial charge in [0.2, 0.25) is 11.9 Å². The van der Waals surface area contributed by atoms with E-state index in [1.165, 1.54) is 11.0 Å². The predicted molar refractivity (Wildman–Crippen MR) is 45.7 cm³/mol. The molecule has 1 atom stereocenters. The zero-order valence-corrected chi connectivity index (χ0v) is 7.10. The molecule has 1 fully saturated rings. The first-order valence-corrected chi connectivity index (χ1v) is 4.22. The van der Waals surface area contributed by atoms with Gasteiger partial charge >= 0.3 is 0 Å². The Labute approximate surface area is 75.1 Å². The van der Waals surface area contributed by atoms with Gasteiger partial charge in [-0.05, 0) is 12.8 Å². The van der Waals surface area contributed by atoms with E-state index in [0.29, 0.717) is 0 Å². The summed E-state index contributed by atoms with van der Waals surface area (Å²) in [4.78, 5) is 15.1. The number of aromatic nitrogens is 3. The first-order chi connectivity index (χ1) is 6.27. The highest BCUT2D eigenvalue weighted by atomic mass is 16.2. The van der Waals surface area contributed by atoms with Crippen LogP contribution in [0.2, 0.25) is 0 Å². The van der Waals surface area contributed by atoms with E-state index in [4.69, 9.17) is 5.73 Å². The summed E-state index contributed by atoms with van der Waals surface area (Å²) < 4.78 is 1.52. The second-order valence-corrected chi connectivity index (χ2v) is 3.03. The zero-order chi connectivity index (χ0) is 9.26. The van der Waals surface area contributed by atoms with Crippen LogP contribution >= 0.6 is 0 Å². The number of nitrogens with zero attached hydrogens (tertiary/aromatic N) is 3. The molecular weight excluding hydrogens is 170 g/mol. The number of hydrogen-bond donors (Lipinski definition) is 2. The van der Waals surface area contributed by atoms with Crippen molar-refractivity contribution in [3.05, 3.63) is 6.33 Å². The molecule has 2 heterocycles. The van der Waals surface area contributed by atoms with Crippen LogP contribution in [0.4, 0.5) is 5.95 Å². The molecule has 13 heavy (non-hydrogen) atoms. The summed E-state index contributed by atoms with van der Waals surface area (Å²) in [6.45, 7) is 0.750. The minimum atomic E-state index is -0.237. The number of nitrogens with one attached hydrogen (secondary N) is 1. The Hall–Kier alpha value is -1.59. The van der Waals surface area contributed by atoms with Gasteiger partial charge in [0, 0.05) is 6.54 Å². The van der Waals surface area contributed by atoms with E-state index in [9.17, 15) is 4.79 Å². The molecule has 6 heteroatoms. The minimum absolute atomic E-state index is 0.00356. The van der Waals surface area contributed by atoms with Crippen LogP contribution in [0.25, 0.3) is 0 Å². The van der Waals surface area contributed by atoms with Gasteiger partial charge in [-0.1, -0.05) is 0 Å². The van der Waals surface area contributed by atoms with Crippen LogP contribution in [0, 0.1) is 0 Å². The summed E-state index contributed by atoms with van der Waals surface area (Å²) in [7, 11) is 0. The van der Waals surface area contributed by atoms with Gasteiger partial charge in [-0.2, -0.15) is 0 Å². The van der Waals surface area contributed by atoms with Crippen molar-refractivity contribution in [3.8, 4) is 0 Å². The average molecular weight is 181 g/mol. The van der Waals surface area contributed by atoms with Gasteiger partial charge in [0.1, 0.15) is 12.4 Å². The molecule has 1 aromatic rings. The smallest absolute Gasteiger partial charge is 0.244 e. The molecule has 6 nitrogen and oxygen atoms in total. The molecule has 1 aromatic heterocycles. The lowest BCUT2D eigenvalue weighted by atomic mass is 10.1. The van der Waals surface area contributed by atoms with Crippen molar-refractivity contribution in [2.75, 3.05) is 12.3 Å². The summed E-state index contributed by atoms with van der Waals surface area (Å²) >= 11 is 0. The molecule has 70 valence electrons. The first kappa shape index (κ1) is 8.03. The van der Waals surface area contributed by atoms with Crippen molar-refractivity contribution in [2.45, 2.75) is 18.9 Å². The molecule has 0 aromatic carbocycles. The summed E-state index contributed by atoms with van der Waals surface area (Å²) in [5.74, 6) is 0.203. The summed E-state index contributed by atoms with van der Waals surface area (Å²) in [5.41, 5.74) is 5.36. The third-order valence-corrected chi connectivity index (χ3v) is 2.10. The van der Waals surface area contributed by atoms with Crippen LogP contribution in [-0.2, 0) is 4.79 Å². The summed E-state index contributed by atoms with van der Waals surface area (Å²) in [5, 5.41) is 6.68. The number of hydrogen-bond acceptors (Lipinski definition) is 4. The second-order valence-electron chi connectivity index (χ2n) is 3.03. The Bertz CT molecular complexity index is 320. The normalized spacial score (nSPS) is 22.8. The van der Waals surface area contributed by atoms with E-state index >= 15 is 0 Å². The lowest BCUT2D eigenvalue weighted by Gasteiger charge is -2.21. The maximum atomic E-state index is 11.4. The number of carbonyl (C=O) groups is 1. The van der Waals surface area contributed by atoms with Crippen LogP contribution in [0.15, 0.2) is 6.33 Å². The highest BCUT2D eigenvalue weighted by molar-refractivity contribution is 5.80. The van der Waals surface area contributed by atoms with E-state index in [2.05, 4.69) is 15.4 Å². The lowest BCUT2D eigenvalue weighted by molar-refractivity contribution is -0.126. The molecular formula is C7H11N5O. The lowest BCUT2D eigenvalue weighted by Crippen LogP contribution is -2.38. The van der Waals surface area contributed by atoms with Gasteiger partial charge in [0.05, 0.1) is 0 Å². The Morgan fingerprint density at radius 3 is 3.15 bits per heavy atom. The molecule has 0 saturated carbocycles. The molecule has 1 amide bonds. The van der Waals surface area contributed by atoms with Crippen molar-refractivity contribution in [2.24, 2.45) is 0 Å². The number of anilines is 1. The maximum absolute atomic E-state index is 11.4. The molecule has 0 aliphatic carbocycles. The van der Waals surface area contributed by atoms with Crippen molar-refractivity contribution in [1.82, 2.24) is 20.1 Å². The highest BCUT2D eigenvalue weighted by Crippen LogP contribution is 2.16. The van der Waals surface area contributed by atoms with Crippen molar-refractivity contribution in [3.63, 3.8) is 0 Å². The van der Waals surface area contributed by atoms with E-state index in [0.717, 1.165) is 19.4 Å². The fourth-order valence-electron chi connectivity index (χ4n) is 1.45. The van der Waals surface area contributed by atoms with Gasteiger partial charge in [0.25, 0.3) is 0 Å². The third kappa shape index (κ3) is 1.47. The number of piperidine rings is 1. The molecule has 1 unspecified atom stereocenters. The average Bonchev–Trinajstić information content (AvgIpc) is 2.53. The molecule has 3 N–H and O–H groups in total. The molecule has 0 radical (unpaired) electrons. The van der Waals surface area contributed by atoms with Crippen LogP contribution in [0.3, 0.4) is 0 Å². The third-order valence-electron chi connectivity index (χ3n) is 2.10. The predicted octanol–water partition coefficient (Wildman–Crippen LogP) is -0.689. The Morgan fingerprint density at radius 1 is 1.69 bits per heavy atom. The van der Waals surface area contributed by atoms with E-state index in [1.807, 2.05) is 0 Å². The molecule has 1 saturated heterocycles. The second kappa shape index (κ2) is 3.04. The van der Waals surface area contributed by atoms with Gasteiger partial charge in [-0.3, -0.25) is 4.79 Å². The number of amides is 1. The standard InChI is InChI=1S/C7H11N5O/c8-7-10-4-12(11-7)5-2-1-3-9-6(5)13/h4-5H,1-3H2,(H2,8,11)(H,9,13). The van der Waals surface area contributed by atoms with E-state index < -0.39 is 0 Å². The fourth-order valence-corrected chi connectivity index (χ4v) is 1.45. The molecule has 0 spiro atoms. The van der Waals surface area contributed by atoms with E-state index in [-0.39, 0.29) is 17.9 Å². The van der Waals surface area contributed by atoms with Crippen molar-refractivity contribution in [1.29, 1.82) is 0 Å². The van der Waals surface area contributed by atoms with Gasteiger partial charge < -0.3 is 11.1 Å². The fraction of sp³-hybridized carbons (Fsp3) is 0.571. The molecule has 1 aliphatic rings. The van der Waals surface area contributed by atoms with E-state index in [1.54, 1.807) is 0 Å². The van der Waals surface area contributed by atoms with Crippen LogP contribution in [0.1, 0.15) is 18.9 Å². The summed E-state index contributed by atoms with van der Waals surface area (Å²) in [6, 6.07) is -0.237. The van der Waals surface area contributed by atoms with Crippen molar-refractivity contribution < 1.29 is 4.79 Å². The Balaban J connectivity index is 2.19. The SMILES string of the molecule is Nc1ncn(C2CCCNC2=O)n1. The van der Waals surface area contributed by atoms with Crippen LogP contribution in [-0.4, -0.2) is 27.2 Å². The number of rotatable bonds is 1. The summed E-state index contributed by atoms with van der Waals surface area (Å²) in [6.07, 6.45) is 3.26. The Kier molecular flexibility index (Phi) is 1.88. The Morgan fingerprint density at radius 2 is 2.54 bits per heavy atom. The maximum Gasteiger partial charge on any atom is 0.244 e. The topological polar surface area (TPSA) is 85.8 Å². The highest BCUT2D eigenvalue weighted by Gasteiger charge is 2.24. The number of nitrogen functional groups attached to an aromatic ring is 1. The zero-order valence-electron chi connectivity index (χ0n) is 7.10. The molecule has 1 aliphatic heterocycles. The quantitative estimate of drug-likeness (QED) is 0.600. The van der Waals surface area contributed by atoms with Gasteiger partial charge in [-0.25, -0.2) is 9.67 Å². The minimum Gasteiger partial charge on any atom is -0.367 e. The van der Waals surface area contributed by atoms with Gasteiger partial charge in [-0.15, -0.1) is 5.10 Å². The van der Waals surface area contributed by atoms with Crippen LogP contribution in [0.5, 0.6) is 0 Å². The molecule has 2 rings (SSSR count). The largest absolute Gasteiger partial charge is 0.367 e.